The molecule has 1 N–H and O–H groups in total. The Kier molecular flexibility index (Phi) is 9.32. The number of carbonyl (C=O) groups excluding carboxylic acids is 3. The number of aliphatic hydroxyl groups excluding tert-OH is 1. The molecule has 0 aliphatic carbocycles. The zero-order chi connectivity index (χ0) is 32.7. The average Bonchev–Trinajstić information content (AvgIpc) is 3.53. The normalized spacial score (nSPS) is 29.0. The maximum Gasteiger partial charge on any atom is 0.253 e. The molecule has 1 spiro atoms. The van der Waals surface area contributed by atoms with Gasteiger partial charge in [-0.2, -0.15) is 0 Å². The summed E-state index contributed by atoms with van der Waals surface area (Å²) in [7, 11) is 0. The van der Waals surface area contributed by atoms with Crippen molar-refractivity contribution in [3.05, 3.63) is 90.5 Å². The van der Waals surface area contributed by atoms with E-state index in [1.54, 1.807) is 41.3 Å². The van der Waals surface area contributed by atoms with Crippen LogP contribution < -0.4 is 4.90 Å². The Labute approximate surface area is 271 Å². The number of hydrogen-bond donors (Lipinski definition) is 1. The first-order chi connectivity index (χ1) is 21.5. The molecule has 240 valence electrons. The monoisotopic (exact) mass is 633 g/mol. The van der Waals surface area contributed by atoms with E-state index in [0.29, 0.717) is 30.2 Å². The first-order valence-corrected chi connectivity index (χ1v) is 16.1. The Morgan fingerprint density at radius 1 is 1.09 bits per heavy atom. The number of amides is 3. The summed E-state index contributed by atoms with van der Waals surface area (Å²) in [6.45, 7) is 16.0. The third-order valence-electron chi connectivity index (χ3n) is 10.2. The van der Waals surface area contributed by atoms with Gasteiger partial charge in [0.05, 0.1) is 40.8 Å². The Morgan fingerprint density at radius 2 is 1.73 bits per heavy atom. The lowest BCUT2D eigenvalue weighted by Gasteiger charge is -2.40. The molecule has 2 aromatic rings. The lowest BCUT2D eigenvalue weighted by Crippen LogP contribution is -2.60. The fraction of sp³-hybridized carbons (Fsp3) is 0.472. The molecule has 3 unspecified atom stereocenters. The Bertz CT molecular complexity index is 1470. The zero-order valence-corrected chi connectivity index (χ0v) is 27.3. The summed E-state index contributed by atoms with van der Waals surface area (Å²) in [5.74, 6) is -2.98. The van der Waals surface area contributed by atoms with Crippen LogP contribution in [0.15, 0.2) is 79.9 Å². The number of anilines is 1. The van der Waals surface area contributed by atoms with Gasteiger partial charge in [0.25, 0.3) is 5.91 Å². The minimum atomic E-state index is -1.28. The first kappa shape index (κ1) is 32.9. The van der Waals surface area contributed by atoms with E-state index in [-0.39, 0.29) is 42.7 Å². The van der Waals surface area contributed by atoms with Crippen molar-refractivity contribution in [2.24, 2.45) is 23.7 Å². The number of nitrogens with zero attached hydrogens (tertiary/aromatic N) is 3. The second kappa shape index (κ2) is 12.7. The highest BCUT2D eigenvalue weighted by Crippen LogP contribution is 2.66. The van der Waals surface area contributed by atoms with Gasteiger partial charge < -0.3 is 24.5 Å². The van der Waals surface area contributed by atoms with E-state index in [4.69, 9.17) is 16.3 Å². The predicted molar refractivity (Wildman–Crippen MR) is 175 cm³/mol. The van der Waals surface area contributed by atoms with Crippen LogP contribution in [-0.4, -0.2) is 75.6 Å². The summed E-state index contributed by atoms with van der Waals surface area (Å²) in [6, 6.07) is 15.0. The number of halogens is 1. The molecule has 45 heavy (non-hydrogen) atoms. The minimum absolute atomic E-state index is 0.132. The van der Waals surface area contributed by atoms with Gasteiger partial charge in [0.1, 0.15) is 11.6 Å². The SMILES string of the molecule is C=CCN(Cc1ccccc1)C(=O)[C@@H]1[C@H]2C(=O)N([C@@H](CO)C(C)C)C(C(=O)N(CC=C)c3ccccc3Cl)C23CC(C)[C@@]1(C)O3. The molecule has 3 aliphatic heterocycles. The molecule has 3 saturated heterocycles. The Balaban J connectivity index is 1.64. The van der Waals surface area contributed by atoms with Gasteiger partial charge in [-0.15, -0.1) is 13.2 Å². The van der Waals surface area contributed by atoms with Crippen LogP contribution >= 0.6 is 11.6 Å². The molecule has 3 amide bonds. The number of benzene rings is 2. The number of aliphatic hydroxyl groups is 1. The fourth-order valence-corrected chi connectivity index (χ4v) is 8.19. The fourth-order valence-electron chi connectivity index (χ4n) is 7.95. The van der Waals surface area contributed by atoms with E-state index in [0.717, 1.165) is 5.56 Å². The number of fused-ring (bicyclic) bond motifs is 1. The van der Waals surface area contributed by atoms with Crippen LogP contribution in [0.2, 0.25) is 5.02 Å². The third-order valence-corrected chi connectivity index (χ3v) is 10.5. The lowest BCUT2D eigenvalue weighted by atomic mass is 9.62. The van der Waals surface area contributed by atoms with Crippen molar-refractivity contribution in [1.29, 1.82) is 0 Å². The van der Waals surface area contributed by atoms with Crippen molar-refractivity contribution < 1.29 is 24.2 Å². The summed E-state index contributed by atoms with van der Waals surface area (Å²) in [5, 5.41) is 11.0. The second-order valence-electron chi connectivity index (χ2n) is 13.1. The molecule has 5 rings (SSSR count). The van der Waals surface area contributed by atoms with Crippen LogP contribution in [0.1, 0.15) is 39.7 Å². The number of carbonyl (C=O) groups is 3. The summed E-state index contributed by atoms with van der Waals surface area (Å²) in [5.41, 5.74) is -0.825. The van der Waals surface area contributed by atoms with E-state index >= 15 is 0 Å². The first-order valence-electron chi connectivity index (χ1n) is 15.7. The quantitative estimate of drug-likeness (QED) is 0.329. The van der Waals surface area contributed by atoms with E-state index in [9.17, 15) is 19.5 Å². The summed E-state index contributed by atoms with van der Waals surface area (Å²) in [4.78, 5) is 49.2. The summed E-state index contributed by atoms with van der Waals surface area (Å²) >= 11 is 6.60. The molecule has 2 aromatic carbocycles. The highest BCUT2D eigenvalue weighted by atomic mass is 35.5. The third kappa shape index (κ3) is 5.30. The topological polar surface area (TPSA) is 90.4 Å². The van der Waals surface area contributed by atoms with Crippen LogP contribution in [0.25, 0.3) is 0 Å². The number of para-hydroxylation sites is 1. The lowest BCUT2D eigenvalue weighted by molar-refractivity contribution is -0.154. The molecule has 7 atom stereocenters. The van der Waals surface area contributed by atoms with Crippen LogP contribution in [0.5, 0.6) is 0 Å². The molecule has 3 heterocycles. The van der Waals surface area contributed by atoms with E-state index < -0.39 is 35.1 Å². The number of hydrogen-bond acceptors (Lipinski definition) is 5. The largest absolute Gasteiger partial charge is 0.394 e. The van der Waals surface area contributed by atoms with Crippen LogP contribution in [0.3, 0.4) is 0 Å². The molecule has 3 fully saturated rings. The van der Waals surface area contributed by atoms with Crippen molar-refractivity contribution >= 4 is 35.0 Å². The Morgan fingerprint density at radius 3 is 2.33 bits per heavy atom. The van der Waals surface area contributed by atoms with Gasteiger partial charge in [-0.1, -0.05) is 87.0 Å². The molecule has 9 heteroatoms. The van der Waals surface area contributed by atoms with Gasteiger partial charge in [0.2, 0.25) is 11.8 Å². The highest BCUT2D eigenvalue weighted by molar-refractivity contribution is 6.34. The smallest absolute Gasteiger partial charge is 0.253 e. The minimum Gasteiger partial charge on any atom is -0.394 e. The molecular formula is C36H44ClN3O5. The van der Waals surface area contributed by atoms with Gasteiger partial charge in [0, 0.05) is 19.6 Å². The van der Waals surface area contributed by atoms with E-state index in [1.807, 2.05) is 58.0 Å². The van der Waals surface area contributed by atoms with Gasteiger partial charge in [0.15, 0.2) is 0 Å². The van der Waals surface area contributed by atoms with Crippen LogP contribution in [0.4, 0.5) is 5.69 Å². The van der Waals surface area contributed by atoms with Gasteiger partial charge in [-0.25, -0.2) is 0 Å². The van der Waals surface area contributed by atoms with Crippen molar-refractivity contribution in [3.63, 3.8) is 0 Å². The predicted octanol–water partition coefficient (Wildman–Crippen LogP) is 5.10. The molecule has 8 nitrogen and oxygen atoms in total. The van der Waals surface area contributed by atoms with Crippen molar-refractivity contribution in [3.8, 4) is 0 Å². The maximum absolute atomic E-state index is 14.9. The highest BCUT2D eigenvalue weighted by Gasteiger charge is 2.80. The van der Waals surface area contributed by atoms with E-state index in [1.165, 1.54) is 9.80 Å². The van der Waals surface area contributed by atoms with Crippen LogP contribution in [-0.2, 0) is 25.7 Å². The average molecular weight is 634 g/mol. The molecule has 0 saturated carbocycles. The number of rotatable bonds is 12. The second-order valence-corrected chi connectivity index (χ2v) is 13.5. The molecule has 3 aliphatic rings. The molecule has 0 aromatic heterocycles. The van der Waals surface area contributed by atoms with Crippen LogP contribution in [0, 0.1) is 23.7 Å². The van der Waals surface area contributed by atoms with Gasteiger partial charge in [-0.05, 0) is 42.9 Å². The Hall–Kier alpha value is -3.46. The van der Waals surface area contributed by atoms with Crippen molar-refractivity contribution in [1.82, 2.24) is 9.80 Å². The van der Waals surface area contributed by atoms with Crippen molar-refractivity contribution in [2.45, 2.75) is 63.9 Å². The van der Waals surface area contributed by atoms with Gasteiger partial charge in [-0.3, -0.25) is 14.4 Å². The number of ether oxygens (including phenoxy) is 1. The summed E-state index contributed by atoms with van der Waals surface area (Å²) < 4.78 is 6.98. The summed E-state index contributed by atoms with van der Waals surface area (Å²) in [6.07, 6.45) is 3.71. The zero-order valence-electron chi connectivity index (χ0n) is 26.6. The molecule has 0 radical (unpaired) electrons. The standard InChI is InChI=1S/C36H44ClN3O5/c1-7-18-38(21-25-14-10-9-11-15-25)32(42)29-30-33(43)40(28(22-41)23(3)4)31(36(30)20-24(5)35(29,6)45-36)34(44)39(19-8-2)27-17-13-12-16-26(27)37/h7-17,23-24,28-31,41H,1-2,18-22H2,3-6H3/t24?,28-,29-,30-,31?,35+,36?/m0/s1. The van der Waals surface area contributed by atoms with Crippen molar-refractivity contribution in [2.75, 3.05) is 24.6 Å². The molecular weight excluding hydrogens is 590 g/mol. The molecule has 2 bridgehead atoms. The van der Waals surface area contributed by atoms with Gasteiger partial charge >= 0.3 is 0 Å². The number of likely N-dealkylation sites (tertiary alicyclic amines) is 1. The van der Waals surface area contributed by atoms with E-state index in [2.05, 4.69) is 13.2 Å². The maximum atomic E-state index is 14.9.